The molecule has 0 saturated heterocycles. The smallest absolute Gasteiger partial charge is 0.233 e. The molecule has 0 bridgehead atoms. The molecule has 4 fully saturated rings. The highest BCUT2D eigenvalue weighted by Crippen LogP contribution is 2.43. The summed E-state index contributed by atoms with van der Waals surface area (Å²) in [7, 11) is 3.43. The highest BCUT2D eigenvalue weighted by Gasteiger charge is 2.30. The molecule has 590 valence electrons. The standard InChI is InChI=1S/C20H23F2N7.C20H25N7O.C19H21ClFN7.C19H22FN7O/c1-4-17-23-19(24-18-10-16(27-28-18)12-5-6-12)26-20(25-17)29(3)11(2)14-9-13(21)7-8-15(14)22;1-3-17-22-19(21-16(12-28-2)13-7-5-4-6-8-13)25-20(23-17)24-18-11-15(26-27-18)14-9-10-14;1-3-16-23-18(22-10(2)13-7-6-12(21)8-14(13)20)26-19(24-16)25-17-9-15(27-28-17)11-4-5-11;1-2-16-22-18(21-15(10-28)12-5-7-13(20)8-6-12)25-19(23-16)24-17-9-14(26-27-17)11-3-4-11/h7-12H,4-6H2,1-3H3,(H2,23,24,25,26,27,28);4-8,11,14,16H,3,9-10,12H2,1-2H3,(H3,21,22,23,24,25,26,27);6-11H,3-5H2,1-2H3,(H3,22,23,24,25,26,27,28);5-9,11,15,28H,2-4,10H2,1H3,(H3,21,22,23,24,25,26,27). The average molecular weight is 1560 g/mol. The van der Waals surface area contributed by atoms with Gasteiger partial charge in [-0.05, 0) is 124 Å². The number of hydrogen-bond donors (Lipinski definition) is 12. The van der Waals surface area contributed by atoms with Gasteiger partial charge in [0.25, 0.3) is 0 Å². The maximum atomic E-state index is 14.2. The molecule has 8 heterocycles. The summed E-state index contributed by atoms with van der Waals surface area (Å²) in [5.74, 6) is 9.18. The van der Waals surface area contributed by atoms with E-state index < -0.39 is 23.7 Å². The number of aliphatic hydroxyl groups excluding tert-OH is 1. The van der Waals surface area contributed by atoms with Crippen molar-refractivity contribution in [2.45, 2.75) is 166 Å². The number of rotatable bonds is 31. The average Bonchev–Trinajstić information content (AvgIpc) is 1.58. The molecule has 30 nitrogen and oxygen atoms in total. The summed E-state index contributed by atoms with van der Waals surface area (Å²) < 4.78 is 59.7. The van der Waals surface area contributed by atoms with Crippen molar-refractivity contribution >= 4 is 82.5 Å². The Bertz CT molecular complexity index is 5110. The number of benzene rings is 4. The van der Waals surface area contributed by atoms with Crippen molar-refractivity contribution in [3.05, 3.63) is 212 Å². The fraction of sp³-hybridized carbons (Fsp3) is 0.385. The van der Waals surface area contributed by atoms with E-state index in [-0.39, 0.29) is 35.9 Å². The van der Waals surface area contributed by atoms with Gasteiger partial charge in [0.1, 0.15) is 46.6 Å². The van der Waals surface area contributed by atoms with Crippen molar-refractivity contribution in [3.63, 3.8) is 0 Å². The van der Waals surface area contributed by atoms with Crippen LogP contribution in [0.25, 0.3) is 0 Å². The van der Waals surface area contributed by atoms with Crippen LogP contribution in [0.4, 0.5) is 88.4 Å². The predicted octanol–water partition coefficient (Wildman–Crippen LogP) is 15.6. The van der Waals surface area contributed by atoms with E-state index in [1.54, 1.807) is 44.2 Å². The van der Waals surface area contributed by atoms with E-state index in [1.807, 2.05) is 77.1 Å². The third-order valence-electron chi connectivity index (χ3n) is 19.1. The number of halogens is 5. The molecule has 0 spiro atoms. The molecule has 4 atom stereocenters. The zero-order chi connectivity index (χ0) is 79.1. The van der Waals surface area contributed by atoms with Crippen molar-refractivity contribution in [2.24, 2.45) is 0 Å². The number of methoxy groups -OCH3 is 1. The lowest BCUT2D eigenvalue weighted by atomic mass is 10.1. The maximum Gasteiger partial charge on any atom is 0.233 e. The molecule has 0 aliphatic heterocycles. The second-order valence-corrected chi connectivity index (χ2v) is 28.3. The Hall–Kier alpha value is -11.9. The quantitative estimate of drug-likeness (QED) is 0.0180. The van der Waals surface area contributed by atoms with Crippen molar-refractivity contribution in [2.75, 3.05) is 69.5 Å². The van der Waals surface area contributed by atoms with Gasteiger partial charge in [-0.2, -0.15) is 80.2 Å². The van der Waals surface area contributed by atoms with Gasteiger partial charge in [-0.25, -0.2) is 17.6 Å². The second kappa shape index (κ2) is 36.9. The minimum atomic E-state index is -0.487. The van der Waals surface area contributed by atoms with E-state index in [1.165, 1.54) is 81.7 Å². The maximum absolute atomic E-state index is 14.2. The van der Waals surface area contributed by atoms with Crippen LogP contribution in [0.3, 0.4) is 0 Å². The Labute approximate surface area is 655 Å². The number of anilines is 12. The Morgan fingerprint density at radius 1 is 0.442 bits per heavy atom. The number of aliphatic hydroxyl groups is 1. The summed E-state index contributed by atoms with van der Waals surface area (Å²) in [6, 6.07) is 30.5. The van der Waals surface area contributed by atoms with Gasteiger partial charge in [-0.15, -0.1) is 0 Å². The van der Waals surface area contributed by atoms with Crippen LogP contribution in [0.1, 0.15) is 209 Å². The van der Waals surface area contributed by atoms with Gasteiger partial charge < -0.3 is 52.0 Å². The summed E-state index contributed by atoms with van der Waals surface area (Å²) in [5, 5.41) is 61.6. The fourth-order valence-corrected chi connectivity index (χ4v) is 12.3. The third kappa shape index (κ3) is 22.0. The number of nitrogens with one attached hydrogen (secondary N) is 11. The molecule has 4 aromatic carbocycles. The van der Waals surface area contributed by atoms with E-state index in [2.05, 4.69) is 150 Å². The third-order valence-corrected chi connectivity index (χ3v) is 19.4. The van der Waals surface area contributed by atoms with Crippen molar-refractivity contribution in [3.8, 4) is 0 Å². The molecule has 12 N–H and O–H groups in total. The van der Waals surface area contributed by atoms with Crippen molar-refractivity contribution < 1.29 is 27.4 Å². The van der Waals surface area contributed by atoms with Crippen LogP contribution in [-0.2, 0) is 30.4 Å². The first-order chi connectivity index (χ1) is 54.8. The van der Waals surface area contributed by atoms with Crippen LogP contribution >= 0.6 is 11.6 Å². The predicted molar refractivity (Wildman–Crippen MR) is 423 cm³/mol. The summed E-state index contributed by atoms with van der Waals surface area (Å²) >= 11 is 6.16. The van der Waals surface area contributed by atoms with E-state index >= 15 is 0 Å². The Morgan fingerprint density at radius 2 is 0.823 bits per heavy atom. The Balaban J connectivity index is 0.000000132. The summed E-state index contributed by atoms with van der Waals surface area (Å²) in [5.41, 5.74) is 7.35. The zero-order valence-corrected chi connectivity index (χ0v) is 64.6. The molecule has 0 radical (unpaired) electrons. The first kappa shape index (κ1) is 79.2. The molecule has 4 aliphatic rings. The molecule has 4 saturated carbocycles. The molecule has 4 unspecified atom stereocenters. The van der Waals surface area contributed by atoms with Gasteiger partial charge in [-0.3, -0.25) is 20.4 Å². The molecular formula is C78H91ClF4N28O2. The van der Waals surface area contributed by atoms with Crippen LogP contribution in [0, 0.1) is 23.3 Å². The molecule has 113 heavy (non-hydrogen) atoms. The first-order valence-corrected chi connectivity index (χ1v) is 38.3. The summed E-state index contributed by atoms with van der Waals surface area (Å²) in [4.78, 5) is 55.1. The molecule has 4 aliphatic carbocycles. The lowest BCUT2D eigenvalue weighted by Gasteiger charge is -2.26. The number of aryl methyl sites for hydroxylation is 4. The van der Waals surface area contributed by atoms with Gasteiger partial charge in [0, 0.05) is 121 Å². The SMILES string of the molecule is CCc1nc(Nc2cc(C3CC3)[nH]n2)nc(N(C)C(C)c2cc(F)ccc2F)n1.CCc1nc(Nc2cc(C3CC3)[nH]n2)nc(NC(C)c2ccc(F)cc2Cl)n1.CCc1nc(Nc2cc(C3CC3)[nH]n2)nc(NC(CO)c2ccc(F)cc2)n1.CCc1nc(Nc2cc(C3CC3)[nH]n2)nc(NC(COC)c2ccccc2)n1. The second-order valence-electron chi connectivity index (χ2n) is 27.9. The van der Waals surface area contributed by atoms with Crippen LogP contribution in [-0.4, -0.2) is 133 Å². The summed E-state index contributed by atoms with van der Waals surface area (Å²) in [6.07, 6.45) is 12.2. The highest BCUT2D eigenvalue weighted by molar-refractivity contribution is 6.31. The minimum Gasteiger partial charge on any atom is -0.394 e. The minimum absolute atomic E-state index is 0.0574. The lowest BCUT2D eigenvalue weighted by molar-refractivity contribution is 0.186. The molecular weight excluding hydrogens is 1470 g/mol. The Morgan fingerprint density at radius 3 is 1.24 bits per heavy atom. The number of aromatic nitrogens is 20. The molecule has 8 aromatic heterocycles. The lowest BCUT2D eigenvalue weighted by Crippen LogP contribution is -2.25. The van der Waals surface area contributed by atoms with Gasteiger partial charge >= 0.3 is 0 Å². The Kier molecular flexibility index (Phi) is 25.9. The van der Waals surface area contributed by atoms with E-state index in [0.717, 1.165) is 57.4 Å². The molecule has 12 aromatic rings. The van der Waals surface area contributed by atoms with Crippen LogP contribution in [0.15, 0.2) is 115 Å². The number of hydrogen-bond acceptors (Lipinski definition) is 26. The van der Waals surface area contributed by atoms with Crippen LogP contribution < -0.4 is 42.1 Å². The number of H-pyrrole nitrogens is 4. The van der Waals surface area contributed by atoms with Gasteiger partial charge in [0.05, 0.1) is 37.4 Å². The normalized spacial score (nSPS) is 14.7. The largest absolute Gasteiger partial charge is 0.394 e. The first-order valence-electron chi connectivity index (χ1n) is 38.0. The molecule has 0 amide bonds. The number of nitrogens with zero attached hydrogens (tertiary/aromatic N) is 17. The number of aromatic amines is 4. The monoisotopic (exact) mass is 1560 g/mol. The molecule has 16 rings (SSSR count). The van der Waals surface area contributed by atoms with Gasteiger partial charge in [0.2, 0.25) is 47.6 Å². The van der Waals surface area contributed by atoms with Gasteiger partial charge in [0.15, 0.2) is 23.3 Å². The zero-order valence-electron chi connectivity index (χ0n) is 63.8. The topological polar surface area (TPSA) is 386 Å². The van der Waals surface area contributed by atoms with Crippen molar-refractivity contribution in [1.29, 1.82) is 0 Å². The van der Waals surface area contributed by atoms with Gasteiger partial charge in [-0.1, -0.05) is 87.8 Å². The van der Waals surface area contributed by atoms with Crippen LogP contribution in [0.5, 0.6) is 0 Å². The van der Waals surface area contributed by atoms with Crippen molar-refractivity contribution in [1.82, 2.24) is 101 Å². The highest BCUT2D eigenvalue weighted by atomic mass is 35.5. The summed E-state index contributed by atoms with van der Waals surface area (Å²) in [6.45, 7) is 11.9. The van der Waals surface area contributed by atoms with E-state index in [4.69, 9.17) is 16.3 Å². The van der Waals surface area contributed by atoms with E-state index in [0.29, 0.717) is 149 Å². The number of ether oxygens (including phenoxy) is 1. The fourth-order valence-electron chi connectivity index (χ4n) is 12.0. The molecule has 35 heteroatoms. The van der Waals surface area contributed by atoms with E-state index in [9.17, 15) is 22.7 Å². The van der Waals surface area contributed by atoms with Crippen LogP contribution in [0.2, 0.25) is 5.02 Å².